The van der Waals surface area contributed by atoms with Gasteiger partial charge in [-0.05, 0) is 219 Å². The summed E-state index contributed by atoms with van der Waals surface area (Å²) < 4.78 is 24.9. The zero-order chi connectivity index (χ0) is 85.5. The van der Waals surface area contributed by atoms with Gasteiger partial charge in [0.1, 0.15) is 36.2 Å². The first-order valence-corrected chi connectivity index (χ1v) is 42.8. The number of aromatic nitrogens is 8. The van der Waals surface area contributed by atoms with Crippen molar-refractivity contribution in [3.8, 4) is 11.5 Å². The zero-order valence-electron chi connectivity index (χ0n) is 70.9. The molecule has 12 aromatic rings. The van der Waals surface area contributed by atoms with Gasteiger partial charge in [0, 0.05) is 179 Å². The molecular formula is C100H112N16O8. The Balaban J connectivity index is 0.533. The van der Waals surface area contributed by atoms with Gasteiger partial charge in [0.05, 0.1) is 83.1 Å². The fourth-order valence-electron chi connectivity index (χ4n) is 15.0. The highest BCUT2D eigenvalue weighted by Crippen LogP contribution is 2.45. The van der Waals surface area contributed by atoms with Gasteiger partial charge in [0.15, 0.2) is 0 Å². The van der Waals surface area contributed by atoms with Crippen molar-refractivity contribution >= 4 is 34.3 Å². The van der Waals surface area contributed by atoms with E-state index in [-0.39, 0.29) is 36.5 Å². The topological polar surface area (TPSA) is 265 Å². The van der Waals surface area contributed by atoms with Crippen molar-refractivity contribution < 1.29 is 39.4 Å². The number of ether oxygens (including phenoxy) is 4. The second kappa shape index (κ2) is 48.0. The van der Waals surface area contributed by atoms with Gasteiger partial charge in [-0.2, -0.15) is 0 Å². The van der Waals surface area contributed by atoms with Crippen LogP contribution in [0.4, 0.5) is 11.4 Å². The normalized spacial score (nSPS) is 12.4. The minimum Gasteiger partial charge on any atom is -0.506 e. The number of aliphatic imine (C=N–C) groups is 2. The Kier molecular flexibility index (Phi) is 34.4. The molecule has 8 aromatic heterocycles. The molecule has 640 valence electrons. The van der Waals surface area contributed by atoms with Crippen LogP contribution in [0.25, 0.3) is 11.1 Å². The lowest BCUT2D eigenvalue weighted by atomic mass is 9.84. The predicted molar refractivity (Wildman–Crippen MR) is 487 cm³/mol. The van der Waals surface area contributed by atoms with Gasteiger partial charge in [-0.1, -0.05) is 84.9 Å². The third-order valence-corrected chi connectivity index (χ3v) is 21.0. The minimum atomic E-state index is -0.0560. The number of anilines is 2. The number of hydrogen-bond donors (Lipinski definition) is 4. The number of aliphatic hydroxyl groups is 4. The third-order valence-electron chi connectivity index (χ3n) is 21.0. The van der Waals surface area contributed by atoms with Crippen LogP contribution in [-0.4, -0.2) is 171 Å². The molecule has 0 amide bonds. The van der Waals surface area contributed by atoms with Crippen LogP contribution in [0, 0.1) is 0 Å². The Labute approximate surface area is 728 Å². The summed E-state index contributed by atoms with van der Waals surface area (Å²) in [5.41, 5.74) is 16.3. The van der Waals surface area contributed by atoms with Crippen LogP contribution in [0.15, 0.2) is 302 Å². The lowest BCUT2D eigenvalue weighted by Crippen LogP contribution is -2.28. The SMILES string of the molecule is CCN(CCOCC(O)=NCCCCOc1cc(CN(Cc2ccccn2)Cc2ccccn2)cc(CN(Cc2ccccn2)Cc2ccccn2)c1)c1ccc(C2=C(O)C(c3ccc(N(CC)CCOCC(O)=NCCCCOc4cc(CN(Cc5ccccn5)Cc5ccccn5)cc(CN(Cc5ccccn5)Cc5ccccn5)c4)cc3)=C2O)cc1. The van der Waals surface area contributed by atoms with Crippen LogP contribution in [0.3, 0.4) is 0 Å². The second-order valence-electron chi connectivity index (χ2n) is 30.6. The van der Waals surface area contributed by atoms with Crippen LogP contribution in [0.1, 0.15) is 118 Å². The van der Waals surface area contributed by atoms with Gasteiger partial charge in [-0.25, -0.2) is 0 Å². The maximum atomic E-state index is 11.4. The van der Waals surface area contributed by atoms with E-state index in [1.165, 1.54) is 0 Å². The molecular weight excluding hydrogens is 1550 g/mol. The van der Waals surface area contributed by atoms with E-state index in [4.69, 9.17) is 18.9 Å². The minimum absolute atomic E-state index is 0.00664. The van der Waals surface area contributed by atoms with E-state index in [9.17, 15) is 20.4 Å². The first-order chi connectivity index (χ1) is 61.0. The summed E-state index contributed by atoms with van der Waals surface area (Å²) in [5.74, 6) is 1.51. The predicted octanol–water partition coefficient (Wildman–Crippen LogP) is 17.2. The molecule has 8 heterocycles. The smallest absolute Gasteiger partial charge is 0.207 e. The van der Waals surface area contributed by atoms with Gasteiger partial charge in [-0.3, -0.25) is 69.5 Å². The van der Waals surface area contributed by atoms with Crippen LogP contribution in [-0.2, 0) is 88.0 Å². The van der Waals surface area contributed by atoms with Gasteiger partial charge in [0.25, 0.3) is 0 Å². The summed E-state index contributed by atoms with van der Waals surface area (Å²) in [4.78, 5) is 59.9. The molecule has 24 heteroatoms. The largest absolute Gasteiger partial charge is 0.506 e. The summed E-state index contributed by atoms with van der Waals surface area (Å²) >= 11 is 0. The Morgan fingerprint density at radius 3 is 0.798 bits per heavy atom. The van der Waals surface area contributed by atoms with Gasteiger partial charge in [-0.15, -0.1) is 0 Å². The van der Waals surface area contributed by atoms with E-state index >= 15 is 0 Å². The molecule has 0 spiro atoms. The van der Waals surface area contributed by atoms with E-state index in [0.29, 0.717) is 179 Å². The molecule has 24 nitrogen and oxygen atoms in total. The highest BCUT2D eigenvalue weighted by Gasteiger charge is 2.32. The number of benzene rings is 4. The number of hydrogen-bond acceptors (Lipinski definition) is 22. The highest BCUT2D eigenvalue weighted by molar-refractivity contribution is 6.06. The molecule has 0 saturated carbocycles. The number of unbranched alkanes of at least 4 members (excludes halogenated alkanes) is 2. The number of nitrogens with zero attached hydrogens (tertiary/aromatic N) is 16. The second-order valence-corrected chi connectivity index (χ2v) is 30.6. The zero-order valence-corrected chi connectivity index (χ0v) is 70.9. The number of likely N-dealkylation sites (N-methyl/N-ethyl adjacent to an activating group) is 2. The van der Waals surface area contributed by atoms with Crippen molar-refractivity contribution in [1.82, 2.24) is 59.5 Å². The van der Waals surface area contributed by atoms with E-state index in [1.807, 2.05) is 195 Å². The molecule has 0 saturated heterocycles. The summed E-state index contributed by atoms with van der Waals surface area (Å²) in [6, 6.07) is 76.6. The third kappa shape index (κ3) is 28.6. The van der Waals surface area contributed by atoms with Crippen molar-refractivity contribution in [2.75, 3.05) is 88.7 Å². The average molecular weight is 1670 g/mol. The lowest BCUT2D eigenvalue weighted by molar-refractivity contribution is 0.167. The van der Waals surface area contributed by atoms with Gasteiger partial charge in [0.2, 0.25) is 11.8 Å². The Hall–Kier alpha value is -12.9. The molecule has 4 N–H and O–H groups in total. The Morgan fingerprint density at radius 2 is 0.565 bits per heavy atom. The van der Waals surface area contributed by atoms with Crippen molar-refractivity contribution in [1.29, 1.82) is 0 Å². The van der Waals surface area contributed by atoms with Crippen molar-refractivity contribution in [2.24, 2.45) is 9.98 Å². The number of aliphatic hydroxyl groups excluding tert-OH is 4. The van der Waals surface area contributed by atoms with Crippen LogP contribution < -0.4 is 19.3 Å². The summed E-state index contributed by atoms with van der Waals surface area (Å²) in [5, 5.41) is 44.4. The van der Waals surface area contributed by atoms with E-state index in [2.05, 4.69) is 178 Å². The monoisotopic (exact) mass is 1660 g/mol. The molecule has 13 rings (SSSR count). The maximum absolute atomic E-state index is 11.4. The van der Waals surface area contributed by atoms with E-state index < -0.39 is 0 Å². The van der Waals surface area contributed by atoms with Gasteiger partial charge >= 0.3 is 0 Å². The first-order valence-electron chi connectivity index (χ1n) is 42.8. The molecule has 0 bridgehead atoms. The summed E-state index contributed by atoms with van der Waals surface area (Å²) in [6.07, 6.45) is 17.5. The molecule has 4 aromatic carbocycles. The maximum Gasteiger partial charge on any atom is 0.207 e. The Bertz CT molecular complexity index is 4570. The van der Waals surface area contributed by atoms with Crippen LogP contribution in [0.2, 0.25) is 0 Å². The number of pyridine rings is 8. The quantitative estimate of drug-likeness (QED) is 0.0157. The fraction of sp³-hybridized carbons (Fsp3) is 0.300. The summed E-state index contributed by atoms with van der Waals surface area (Å²) in [7, 11) is 0. The standard InChI is InChI=1S/C100H112N16O8/c1-3-115(51-55-121-75-95(117)109-49-21-23-53-123-93-59-77(63-111(67-83-25-5-13-41-101-83)68-84-26-6-14-42-102-84)57-78(60-93)64-112(69-85-27-7-15-43-103-85)70-86-28-8-16-44-104-86)91-37-33-81(34-38-91)97-99(119)98(100(97)120)82-35-39-92(40-36-82)116(4-2)52-56-122-76-96(118)110-50-22-24-54-124-94-61-79(65-113(71-87-29-9-17-45-105-87)72-88-30-10-18-46-106-88)58-80(62-94)66-114(73-89-31-11-19-47-107-89)74-90-32-12-20-48-108-90/h5-20,25-48,57-62,119-120H,3-4,21-24,49-56,63-76H2,1-2H3,(H,109,117)(H,110,118). The van der Waals surface area contributed by atoms with Crippen LogP contribution in [0.5, 0.6) is 11.5 Å². The number of rotatable bonds is 52. The fourth-order valence-corrected chi connectivity index (χ4v) is 15.0. The first kappa shape index (κ1) is 88.8. The van der Waals surface area contributed by atoms with Crippen molar-refractivity contribution in [2.45, 2.75) is 118 Å². The molecule has 124 heavy (non-hydrogen) atoms. The highest BCUT2D eigenvalue weighted by atomic mass is 16.5. The summed E-state index contributed by atoms with van der Waals surface area (Å²) in [6.45, 7) is 16.8. The van der Waals surface area contributed by atoms with Gasteiger partial charge < -0.3 is 49.2 Å². The molecule has 1 aliphatic carbocycles. The lowest BCUT2D eigenvalue weighted by Gasteiger charge is -2.27. The van der Waals surface area contributed by atoms with Crippen molar-refractivity contribution in [3.63, 3.8) is 0 Å². The van der Waals surface area contributed by atoms with E-state index in [0.717, 1.165) is 104 Å². The van der Waals surface area contributed by atoms with Crippen LogP contribution >= 0.6 is 0 Å². The average Bonchev–Trinajstić information content (AvgIpc) is 0.745. The molecule has 0 unspecified atom stereocenters. The molecule has 1 aliphatic rings. The number of allylic oxidation sites excluding steroid dienone is 2. The van der Waals surface area contributed by atoms with E-state index in [1.54, 1.807) is 0 Å². The molecule has 0 radical (unpaired) electrons. The molecule has 0 atom stereocenters. The van der Waals surface area contributed by atoms with Crippen molar-refractivity contribution in [3.05, 3.63) is 371 Å². The molecule has 0 fully saturated rings. The Morgan fingerprint density at radius 1 is 0.306 bits per heavy atom. The molecule has 0 aliphatic heterocycles.